The summed E-state index contributed by atoms with van der Waals surface area (Å²) in [7, 11) is 0. The third kappa shape index (κ3) is 2.14. The molecule has 1 fully saturated rings. The van der Waals surface area contributed by atoms with Crippen LogP contribution < -0.4 is 0 Å². The molecule has 15 heavy (non-hydrogen) atoms. The molecule has 0 amide bonds. The normalized spacial score (nSPS) is 37.7. The van der Waals surface area contributed by atoms with E-state index in [2.05, 4.69) is 0 Å². The van der Waals surface area contributed by atoms with Crippen molar-refractivity contribution in [1.29, 1.82) is 0 Å². The number of hydrogen-bond acceptors (Lipinski definition) is 4. The molecule has 1 rings (SSSR count). The van der Waals surface area contributed by atoms with E-state index in [1.807, 2.05) is 0 Å². The molecule has 3 N–H and O–H groups in total. The largest absolute Gasteiger partial charge is 0.481 e. The number of aliphatic carboxylic acids is 1. The average molecular weight is 218 g/mol. The van der Waals surface area contributed by atoms with Crippen molar-refractivity contribution < 1.29 is 24.9 Å². The second-order valence-corrected chi connectivity index (χ2v) is 5.11. The van der Waals surface area contributed by atoms with Gasteiger partial charge in [0.05, 0.1) is 24.4 Å². The molecule has 0 radical (unpaired) electrons. The Bertz CT molecular complexity index is 265. The highest BCUT2D eigenvalue weighted by molar-refractivity contribution is 5.76. The Balaban J connectivity index is 3.08. The van der Waals surface area contributed by atoms with Gasteiger partial charge in [0.1, 0.15) is 5.41 Å². The molecule has 1 saturated heterocycles. The molecule has 0 aromatic carbocycles. The van der Waals surface area contributed by atoms with Crippen molar-refractivity contribution in [3.63, 3.8) is 0 Å². The monoisotopic (exact) mass is 218 g/mol. The lowest BCUT2D eigenvalue weighted by molar-refractivity contribution is -0.211. The fourth-order valence-electron chi connectivity index (χ4n) is 1.99. The van der Waals surface area contributed by atoms with E-state index in [0.717, 1.165) is 0 Å². The SMILES string of the molecule is CC1(O)COCC(C(=O)O)(C(C)(C)O)C1. The molecule has 0 spiro atoms. The van der Waals surface area contributed by atoms with Gasteiger partial charge in [0.15, 0.2) is 0 Å². The topological polar surface area (TPSA) is 87.0 Å². The van der Waals surface area contributed by atoms with Crippen molar-refractivity contribution in [2.45, 2.75) is 38.4 Å². The molecule has 0 aromatic heterocycles. The molecule has 1 aliphatic heterocycles. The first kappa shape index (κ1) is 12.4. The highest BCUT2D eigenvalue weighted by Gasteiger charge is 2.56. The van der Waals surface area contributed by atoms with Crippen LogP contribution in [0.2, 0.25) is 0 Å². The Morgan fingerprint density at radius 2 is 1.93 bits per heavy atom. The van der Waals surface area contributed by atoms with E-state index in [1.54, 1.807) is 0 Å². The third-order valence-electron chi connectivity index (χ3n) is 3.02. The van der Waals surface area contributed by atoms with Crippen LogP contribution in [0.5, 0.6) is 0 Å². The van der Waals surface area contributed by atoms with Crippen molar-refractivity contribution in [2.24, 2.45) is 5.41 Å². The lowest BCUT2D eigenvalue weighted by Gasteiger charge is -2.46. The fourth-order valence-corrected chi connectivity index (χ4v) is 1.99. The van der Waals surface area contributed by atoms with Crippen molar-refractivity contribution >= 4 is 5.97 Å². The number of carboxylic acid groups (broad SMARTS) is 1. The number of carboxylic acids is 1. The third-order valence-corrected chi connectivity index (χ3v) is 3.02. The number of rotatable bonds is 2. The number of carbonyl (C=O) groups is 1. The van der Waals surface area contributed by atoms with Crippen LogP contribution >= 0.6 is 0 Å². The second-order valence-electron chi connectivity index (χ2n) is 5.11. The van der Waals surface area contributed by atoms with Crippen molar-refractivity contribution in [3.05, 3.63) is 0 Å². The van der Waals surface area contributed by atoms with Crippen LogP contribution in [0.4, 0.5) is 0 Å². The van der Waals surface area contributed by atoms with Gasteiger partial charge >= 0.3 is 5.97 Å². The molecular formula is C10H18O5. The number of aliphatic hydroxyl groups is 2. The summed E-state index contributed by atoms with van der Waals surface area (Å²) in [5, 5.41) is 29.0. The molecule has 0 aromatic rings. The summed E-state index contributed by atoms with van der Waals surface area (Å²) in [6.45, 7) is 4.37. The average Bonchev–Trinajstić information content (AvgIpc) is 1.99. The standard InChI is InChI=1S/C10H18O5/c1-8(2,13)10(7(11)12)4-9(3,14)5-15-6-10/h13-14H,4-6H2,1-3H3,(H,11,12). The summed E-state index contributed by atoms with van der Waals surface area (Å²) in [5.41, 5.74) is -4.10. The summed E-state index contributed by atoms with van der Waals surface area (Å²) >= 11 is 0. The molecule has 0 bridgehead atoms. The lowest BCUT2D eigenvalue weighted by Crippen LogP contribution is -2.60. The Morgan fingerprint density at radius 1 is 1.40 bits per heavy atom. The van der Waals surface area contributed by atoms with Gasteiger partial charge in [0.2, 0.25) is 0 Å². The van der Waals surface area contributed by atoms with Crippen molar-refractivity contribution in [3.8, 4) is 0 Å². The lowest BCUT2D eigenvalue weighted by atomic mass is 9.67. The Labute approximate surface area is 88.7 Å². The predicted molar refractivity (Wildman–Crippen MR) is 52.4 cm³/mol. The maximum Gasteiger partial charge on any atom is 0.315 e. The zero-order valence-electron chi connectivity index (χ0n) is 9.28. The van der Waals surface area contributed by atoms with Crippen LogP contribution in [0.3, 0.4) is 0 Å². The summed E-state index contributed by atoms with van der Waals surface area (Å²) in [4.78, 5) is 11.3. The van der Waals surface area contributed by atoms with Gasteiger partial charge in [0.25, 0.3) is 0 Å². The molecule has 88 valence electrons. The first-order chi connectivity index (χ1) is 6.61. The Hall–Kier alpha value is -0.650. The van der Waals surface area contributed by atoms with Crippen LogP contribution in [0, 0.1) is 5.41 Å². The van der Waals surface area contributed by atoms with Gasteiger partial charge in [-0.25, -0.2) is 0 Å². The van der Waals surface area contributed by atoms with Gasteiger partial charge in [-0.2, -0.15) is 0 Å². The molecule has 2 atom stereocenters. The Morgan fingerprint density at radius 3 is 2.20 bits per heavy atom. The summed E-state index contributed by atoms with van der Waals surface area (Å²) in [5.74, 6) is -1.14. The van der Waals surface area contributed by atoms with Gasteiger partial charge < -0.3 is 20.1 Å². The van der Waals surface area contributed by atoms with Crippen molar-refractivity contribution in [1.82, 2.24) is 0 Å². The highest BCUT2D eigenvalue weighted by Crippen LogP contribution is 2.42. The minimum absolute atomic E-state index is 0.0150. The van der Waals surface area contributed by atoms with E-state index in [0.29, 0.717) is 0 Å². The van der Waals surface area contributed by atoms with Crippen LogP contribution in [0.1, 0.15) is 27.2 Å². The zero-order valence-corrected chi connectivity index (χ0v) is 9.28. The number of ether oxygens (including phenoxy) is 1. The fraction of sp³-hybridized carbons (Fsp3) is 0.900. The second kappa shape index (κ2) is 3.43. The smallest absolute Gasteiger partial charge is 0.315 e. The van der Waals surface area contributed by atoms with Crippen LogP contribution in [-0.4, -0.2) is 45.7 Å². The maximum atomic E-state index is 11.3. The molecule has 1 heterocycles. The molecule has 0 aliphatic carbocycles. The molecule has 5 nitrogen and oxygen atoms in total. The molecule has 2 unspecified atom stereocenters. The van der Waals surface area contributed by atoms with Gasteiger partial charge in [-0.05, 0) is 27.2 Å². The van der Waals surface area contributed by atoms with Crippen LogP contribution in [0.25, 0.3) is 0 Å². The van der Waals surface area contributed by atoms with Crippen LogP contribution in [-0.2, 0) is 9.53 Å². The van der Waals surface area contributed by atoms with E-state index in [1.165, 1.54) is 20.8 Å². The minimum Gasteiger partial charge on any atom is -0.481 e. The molecular weight excluding hydrogens is 200 g/mol. The van der Waals surface area contributed by atoms with Gasteiger partial charge in [-0.15, -0.1) is 0 Å². The molecule has 5 heteroatoms. The first-order valence-electron chi connectivity index (χ1n) is 4.87. The zero-order chi connectivity index (χ0) is 11.9. The number of hydrogen-bond donors (Lipinski definition) is 3. The van der Waals surface area contributed by atoms with Gasteiger partial charge in [-0.3, -0.25) is 4.79 Å². The van der Waals surface area contributed by atoms with E-state index in [4.69, 9.17) is 4.74 Å². The minimum atomic E-state index is -1.45. The van der Waals surface area contributed by atoms with E-state index >= 15 is 0 Å². The summed E-state index contributed by atoms with van der Waals surface area (Å²) in [6.07, 6.45) is -0.0150. The van der Waals surface area contributed by atoms with Crippen molar-refractivity contribution in [2.75, 3.05) is 13.2 Å². The summed E-state index contributed by atoms with van der Waals surface area (Å²) < 4.78 is 5.10. The molecule has 1 aliphatic rings. The van der Waals surface area contributed by atoms with Crippen LogP contribution in [0.15, 0.2) is 0 Å². The Kier molecular flexibility index (Phi) is 2.84. The molecule has 0 saturated carbocycles. The van der Waals surface area contributed by atoms with E-state index < -0.39 is 22.6 Å². The predicted octanol–water partition coefficient (Wildman–Crippen LogP) is -0.000400. The highest BCUT2D eigenvalue weighted by atomic mass is 16.5. The van der Waals surface area contributed by atoms with E-state index in [9.17, 15) is 20.1 Å². The first-order valence-corrected chi connectivity index (χ1v) is 4.87. The maximum absolute atomic E-state index is 11.3. The quantitative estimate of drug-likeness (QED) is 0.607. The van der Waals surface area contributed by atoms with E-state index in [-0.39, 0.29) is 19.6 Å². The summed E-state index contributed by atoms with van der Waals surface area (Å²) in [6, 6.07) is 0. The van der Waals surface area contributed by atoms with Gasteiger partial charge in [0, 0.05) is 0 Å². The van der Waals surface area contributed by atoms with Gasteiger partial charge in [-0.1, -0.05) is 0 Å².